The van der Waals surface area contributed by atoms with Gasteiger partial charge in [-0.05, 0) is 38.1 Å². The third-order valence-electron chi connectivity index (χ3n) is 3.90. The highest BCUT2D eigenvalue weighted by Gasteiger charge is 2.28. The van der Waals surface area contributed by atoms with Gasteiger partial charge >= 0.3 is 5.69 Å². The van der Waals surface area contributed by atoms with Gasteiger partial charge in [0.25, 0.3) is 0 Å². The summed E-state index contributed by atoms with van der Waals surface area (Å²) in [5, 5.41) is 18.5. The first-order valence-corrected chi connectivity index (χ1v) is 8.35. The van der Waals surface area contributed by atoms with Crippen molar-refractivity contribution in [3.05, 3.63) is 45.6 Å². The van der Waals surface area contributed by atoms with Crippen LogP contribution in [0.1, 0.15) is 13.8 Å². The number of hydrogen-bond donors (Lipinski definition) is 2. The van der Waals surface area contributed by atoms with Crippen molar-refractivity contribution >= 4 is 34.7 Å². The highest BCUT2D eigenvalue weighted by atomic mass is 35.5. The molecular formula is C16H19ClN6O2. The van der Waals surface area contributed by atoms with Crippen molar-refractivity contribution < 1.29 is 4.92 Å². The van der Waals surface area contributed by atoms with Crippen LogP contribution in [0.25, 0.3) is 0 Å². The molecule has 1 aliphatic heterocycles. The van der Waals surface area contributed by atoms with Gasteiger partial charge in [0.1, 0.15) is 6.20 Å². The molecule has 2 heterocycles. The summed E-state index contributed by atoms with van der Waals surface area (Å²) in [6.07, 6.45) is 1.25. The van der Waals surface area contributed by atoms with Crippen LogP contribution < -0.4 is 15.5 Å². The van der Waals surface area contributed by atoms with Gasteiger partial charge in [-0.2, -0.15) is 4.98 Å². The molecular weight excluding hydrogens is 344 g/mol. The van der Waals surface area contributed by atoms with E-state index in [1.165, 1.54) is 6.20 Å². The second kappa shape index (κ2) is 7.20. The zero-order valence-corrected chi connectivity index (χ0v) is 14.7. The van der Waals surface area contributed by atoms with Gasteiger partial charge in [-0.1, -0.05) is 11.6 Å². The molecule has 2 unspecified atom stereocenters. The van der Waals surface area contributed by atoms with Gasteiger partial charge in [-0.15, -0.1) is 0 Å². The monoisotopic (exact) mass is 362 g/mol. The molecule has 0 bridgehead atoms. The number of rotatable bonds is 4. The van der Waals surface area contributed by atoms with Crippen molar-refractivity contribution in [1.82, 2.24) is 15.3 Å². The summed E-state index contributed by atoms with van der Waals surface area (Å²) in [6, 6.07) is 7.51. The van der Waals surface area contributed by atoms with E-state index in [0.717, 1.165) is 5.69 Å². The standard InChI is InChI=1S/C16H19ClN6O2/c1-10-8-22(9-11(2)19-10)15-14(23(24)25)7-18-16(21-15)20-13-5-3-12(17)4-6-13/h3-7,10-11,19H,8-9H2,1-2H3,(H,18,20,21). The van der Waals surface area contributed by atoms with Crippen molar-refractivity contribution in [2.75, 3.05) is 23.3 Å². The van der Waals surface area contributed by atoms with E-state index in [0.29, 0.717) is 29.9 Å². The summed E-state index contributed by atoms with van der Waals surface area (Å²) >= 11 is 5.88. The Morgan fingerprint density at radius 3 is 2.52 bits per heavy atom. The normalized spacial score (nSPS) is 20.4. The molecule has 0 saturated carbocycles. The van der Waals surface area contributed by atoms with E-state index in [1.54, 1.807) is 24.3 Å². The molecule has 2 atom stereocenters. The maximum Gasteiger partial charge on any atom is 0.329 e. The second-order valence-corrected chi connectivity index (χ2v) is 6.60. The van der Waals surface area contributed by atoms with Crippen LogP contribution in [0.3, 0.4) is 0 Å². The number of nitro groups is 1. The molecule has 1 saturated heterocycles. The van der Waals surface area contributed by atoms with Crippen molar-refractivity contribution in [2.45, 2.75) is 25.9 Å². The number of nitrogens with zero attached hydrogens (tertiary/aromatic N) is 4. The predicted molar refractivity (Wildman–Crippen MR) is 97.7 cm³/mol. The maximum atomic E-state index is 11.4. The zero-order chi connectivity index (χ0) is 18.0. The van der Waals surface area contributed by atoms with Crippen LogP contribution >= 0.6 is 11.6 Å². The van der Waals surface area contributed by atoms with Crippen LogP contribution in [0.4, 0.5) is 23.1 Å². The molecule has 132 valence electrons. The van der Waals surface area contributed by atoms with E-state index in [9.17, 15) is 10.1 Å². The molecule has 25 heavy (non-hydrogen) atoms. The first kappa shape index (κ1) is 17.4. The van der Waals surface area contributed by atoms with Crippen molar-refractivity contribution in [3.8, 4) is 0 Å². The SMILES string of the molecule is CC1CN(c2nc(Nc3ccc(Cl)cc3)ncc2[N+](=O)[O-])CC(C)N1. The Bertz CT molecular complexity index is 760. The Kier molecular flexibility index (Phi) is 5.00. The average Bonchev–Trinajstić information content (AvgIpc) is 2.56. The summed E-state index contributed by atoms with van der Waals surface area (Å²) in [4.78, 5) is 21.3. The molecule has 2 aromatic rings. The van der Waals surface area contributed by atoms with Crippen molar-refractivity contribution in [2.24, 2.45) is 0 Å². The smallest absolute Gasteiger partial charge is 0.329 e. The molecule has 8 nitrogen and oxygen atoms in total. The van der Waals surface area contributed by atoms with Gasteiger partial charge in [0, 0.05) is 35.9 Å². The molecule has 0 radical (unpaired) electrons. The summed E-state index contributed by atoms with van der Waals surface area (Å²) in [5.74, 6) is 0.637. The third kappa shape index (κ3) is 4.15. The molecule has 1 aromatic heterocycles. The van der Waals surface area contributed by atoms with Gasteiger partial charge in [0.2, 0.25) is 11.8 Å². The Morgan fingerprint density at radius 2 is 1.92 bits per heavy atom. The second-order valence-electron chi connectivity index (χ2n) is 6.17. The van der Waals surface area contributed by atoms with Crippen LogP contribution in [0.2, 0.25) is 5.02 Å². The van der Waals surface area contributed by atoms with E-state index in [1.807, 2.05) is 18.7 Å². The highest BCUT2D eigenvalue weighted by molar-refractivity contribution is 6.30. The Labute approximate surface area is 150 Å². The van der Waals surface area contributed by atoms with Gasteiger partial charge < -0.3 is 15.5 Å². The van der Waals surface area contributed by atoms with Crippen LogP contribution in [-0.4, -0.2) is 40.1 Å². The molecule has 1 fully saturated rings. The number of anilines is 3. The third-order valence-corrected chi connectivity index (χ3v) is 4.16. The van der Waals surface area contributed by atoms with Crippen LogP contribution in [0.5, 0.6) is 0 Å². The minimum absolute atomic E-state index is 0.0945. The van der Waals surface area contributed by atoms with Gasteiger partial charge in [0.15, 0.2) is 0 Å². The highest BCUT2D eigenvalue weighted by Crippen LogP contribution is 2.28. The largest absolute Gasteiger partial charge is 0.348 e. The quantitative estimate of drug-likeness (QED) is 0.637. The fourth-order valence-electron chi connectivity index (χ4n) is 2.95. The maximum absolute atomic E-state index is 11.4. The number of piperazine rings is 1. The molecule has 9 heteroatoms. The summed E-state index contributed by atoms with van der Waals surface area (Å²) in [5.41, 5.74) is 0.661. The lowest BCUT2D eigenvalue weighted by Crippen LogP contribution is -2.54. The molecule has 0 amide bonds. The number of halogens is 1. The minimum Gasteiger partial charge on any atom is -0.348 e. The lowest BCUT2D eigenvalue weighted by molar-refractivity contribution is -0.384. The van der Waals surface area contributed by atoms with E-state index >= 15 is 0 Å². The van der Waals surface area contributed by atoms with Gasteiger partial charge in [-0.25, -0.2) is 4.98 Å². The molecule has 1 aliphatic rings. The first-order valence-electron chi connectivity index (χ1n) is 7.97. The Hall–Kier alpha value is -2.45. The molecule has 3 rings (SSSR count). The summed E-state index contributed by atoms with van der Waals surface area (Å²) < 4.78 is 0. The van der Waals surface area contributed by atoms with E-state index in [2.05, 4.69) is 20.6 Å². The number of hydrogen-bond acceptors (Lipinski definition) is 7. The van der Waals surface area contributed by atoms with E-state index in [4.69, 9.17) is 11.6 Å². The predicted octanol–water partition coefficient (Wildman–Crippen LogP) is 2.97. The summed E-state index contributed by atoms with van der Waals surface area (Å²) in [7, 11) is 0. The van der Waals surface area contributed by atoms with Gasteiger partial charge in [-0.3, -0.25) is 10.1 Å². The van der Waals surface area contributed by atoms with Gasteiger partial charge in [0.05, 0.1) is 4.92 Å². The topological polar surface area (TPSA) is 96.2 Å². The van der Waals surface area contributed by atoms with Crippen LogP contribution in [-0.2, 0) is 0 Å². The van der Waals surface area contributed by atoms with Crippen LogP contribution in [0, 0.1) is 10.1 Å². The molecule has 2 N–H and O–H groups in total. The first-order chi connectivity index (χ1) is 11.9. The number of benzene rings is 1. The minimum atomic E-state index is -0.446. The Morgan fingerprint density at radius 1 is 1.28 bits per heavy atom. The Balaban J connectivity index is 1.91. The van der Waals surface area contributed by atoms with Crippen LogP contribution in [0.15, 0.2) is 30.5 Å². The lowest BCUT2D eigenvalue weighted by atomic mass is 10.1. The molecule has 0 spiro atoms. The number of aromatic nitrogens is 2. The average molecular weight is 363 g/mol. The lowest BCUT2D eigenvalue weighted by Gasteiger charge is -2.36. The molecule has 1 aromatic carbocycles. The fourth-order valence-corrected chi connectivity index (χ4v) is 3.08. The van der Waals surface area contributed by atoms with E-state index in [-0.39, 0.29) is 17.8 Å². The number of nitrogens with one attached hydrogen (secondary N) is 2. The fraction of sp³-hybridized carbons (Fsp3) is 0.375. The van der Waals surface area contributed by atoms with Crippen molar-refractivity contribution in [3.63, 3.8) is 0 Å². The van der Waals surface area contributed by atoms with Crippen molar-refractivity contribution in [1.29, 1.82) is 0 Å². The summed E-state index contributed by atoms with van der Waals surface area (Å²) in [6.45, 7) is 5.37. The van der Waals surface area contributed by atoms with E-state index < -0.39 is 4.92 Å². The zero-order valence-electron chi connectivity index (χ0n) is 13.9. The molecule has 0 aliphatic carbocycles.